The molecule has 1 N–H and O–H groups in total. The van der Waals surface area contributed by atoms with Crippen LogP contribution in [0.4, 0.5) is 4.39 Å². The molecule has 1 heterocycles. The number of rotatable bonds is 1. The average Bonchev–Trinajstić information content (AvgIpc) is 2.37. The molecule has 3 unspecified atom stereocenters. The summed E-state index contributed by atoms with van der Waals surface area (Å²) < 4.78 is 19.7. The number of nitrogens with one attached hydrogen (secondary N) is 1. The first-order valence-electron chi connectivity index (χ1n) is 7.28. The van der Waals surface area contributed by atoms with Crippen molar-refractivity contribution >= 4 is 0 Å². The molecular formula is C16H22FNO. The van der Waals surface area contributed by atoms with Gasteiger partial charge in [-0.1, -0.05) is 19.4 Å². The second-order valence-electron chi connectivity index (χ2n) is 6.21. The number of hydrogen-bond donors (Lipinski definition) is 1. The molecule has 1 aromatic rings. The molecule has 2 nitrogen and oxygen atoms in total. The van der Waals surface area contributed by atoms with Crippen LogP contribution in [0.15, 0.2) is 18.2 Å². The Bertz CT molecular complexity index is 476. The summed E-state index contributed by atoms with van der Waals surface area (Å²) in [5.41, 5.74) is 0.999. The summed E-state index contributed by atoms with van der Waals surface area (Å²) in [5, 5.41) is 3.36. The molecule has 0 bridgehead atoms. The Hall–Kier alpha value is -1.09. The van der Waals surface area contributed by atoms with Gasteiger partial charge in [-0.15, -0.1) is 0 Å². The van der Waals surface area contributed by atoms with Gasteiger partial charge in [0.1, 0.15) is 17.2 Å². The molecular weight excluding hydrogens is 241 g/mol. The van der Waals surface area contributed by atoms with E-state index < -0.39 is 0 Å². The standard InChI is InChI=1S/C16H22FNO/c1-11-4-3-7-16(9-11)10-14(18-2)13-6-5-12(17)8-15(13)19-16/h5-6,8,11,14,18H,3-4,7,9-10H2,1-2H3. The Morgan fingerprint density at radius 2 is 2.21 bits per heavy atom. The van der Waals surface area contributed by atoms with Gasteiger partial charge in [0, 0.05) is 24.1 Å². The van der Waals surface area contributed by atoms with E-state index in [-0.39, 0.29) is 17.5 Å². The Morgan fingerprint density at radius 1 is 1.37 bits per heavy atom. The van der Waals surface area contributed by atoms with Crippen molar-refractivity contribution in [3.05, 3.63) is 29.6 Å². The van der Waals surface area contributed by atoms with E-state index in [1.807, 2.05) is 13.1 Å². The predicted octanol–water partition coefficient (Wildman–Crippen LogP) is 3.82. The Kier molecular flexibility index (Phi) is 3.25. The normalized spacial score (nSPS) is 33.8. The third-order valence-corrected chi connectivity index (χ3v) is 4.65. The lowest BCUT2D eigenvalue weighted by Crippen LogP contribution is -2.46. The monoisotopic (exact) mass is 263 g/mol. The van der Waals surface area contributed by atoms with E-state index in [9.17, 15) is 4.39 Å². The largest absolute Gasteiger partial charge is 0.487 e. The smallest absolute Gasteiger partial charge is 0.127 e. The van der Waals surface area contributed by atoms with Crippen LogP contribution in [0, 0.1) is 11.7 Å². The van der Waals surface area contributed by atoms with Crippen molar-refractivity contribution in [3.63, 3.8) is 0 Å². The molecule has 0 radical (unpaired) electrons. The predicted molar refractivity (Wildman–Crippen MR) is 73.8 cm³/mol. The van der Waals surface area contributed by atoms with E-state index in [2.05, 4.69) is 12.2 Å². The summed E-state index contributed by atoms with van der Waals surface area (Å²) in [5.74, 6) is 1.22. The zero-order valence-electron chi connectivity index (χ0n) is 11.7. The molecule has 0 saturated heterocycles. The Balaban J connectivity index is 1.96. The minimum atomic E-state index is -0.213. The fourth-order valence-electron chi connectivity index (χ4n) is 3.79. The summed E-state index contributed by atoms with van der Waals surface area (Å²) in [6, 6.07) is 5.19. The fourth-order valence-corrected chi connectivity index (χ4v) is 3.79. The first-order valence-corrected chi connectivity index (χ1v) is 7.28. The van der Waals surface area contributed by atoms with Crippen LogP contribution >= 0.6 is 0 Å². The molecule has 1 spiro atoms. The van der Waals surface area contributed by atoms with Crippen molar-refractivity contribution in [1.29, 1.82) is 0 Å². The van der Waals surface area contributed by atoms with Gasteiger partial charge in [-0.05, 0) is 38.3 Å². The highest BCUT2D eigenvalue weighted by molar-refractivity contribution is 5.39. The zero-order chi connectivity index (χ0) is 13.5. The maximum Gasteiger partial charge on any atom is 0.127 e. The Morgan fingerprint density at radius 3 is 2.95 bits per heavy atom. The van der Waals surface area contributed by atoms with E-state index in [1.54, 1.807) is 6.07 Å². The summed E-state index contributed by atoms with van der Waals surface area (Å²) in [6.45, 7) is 2.29. The molecule has 1 aliphatic carbocycles. The summed E-state index contributed by atoms with van der Waals surface area (Å²) in [7, 11) is 1.98. The van der Waals surface area contributed by atoms with Gasteiger partial charge >= 0.3 is 0 Å². The zero-order valence-corrected chi connectivity index (χ0v) is 11.7. The van der Waals surface area contributed by atoms with E-state index >= 15 is 0 Å². The molecule has 3 atom stereocenters. The van der Waals surface area contributed by atoms with Crippen LogP contribution in [0.2, 0.25) is 0 Å². The maximum absolute atomic E-state index is 13.5. The van der Waals surface area contributed by atoms with Crippen molar-refractivity contribution in [1.82, 2.24) is 5.32 Å². The van der Waals surface area contributed by atoms with Crippen LogP contribution in [-0.4, -0.2) is 12.6 Å². The lowest BCUT2D eigenvalue weighted by Gasteiger charge is -2.46. The van der Waals surface area contributed by atoms with Crippen LogP contribution in [-0.2, 0) is 0 Å². The highest BCUT2D eigenvalue weighted by atomic mass is 19.1. The molecule has 19 heavy (non-hydrogen) atoms. The Labute approximate surface area is 114 Å². The first kappa shape index (κ1) is 12.9. The fraction of sp³-hybridized carbons (Fsp3) is 0.625. The van der Waals surface area contributed by atoms with Gasteiger partial charge in [0.15, 0.2) is 0 Å². The van der Waals surface area contributed by atoms with Crippen LogP contribution < -0.4 is 10.1 Å². The van der Waals surface area contributed by atoms with Crippen molar-refractivity contribution < 1.29 is 9.13 Å². The van der Waals surface area contributed by atoms with E-state index in [0.29, 0.717) is 5.92 Å². The highest BCUT2D eigenvalue weighted by Crippen LogP contribution is 2.47. The van der Waals surface area contributed by atoms with Crippen LogP contribution in [0.3, 0.4) is 0 Å². The topological polar surface area (TPSA) is 21.3 Å². The molecule has 3 rings (SSSR count). The van der Waals surface area contributed by atoms with Crippen molar-refractivity contribution in [3.8, 4) is 5.75 Å². The molecule has 0 amide bonds. The molecule has 1 saturated carbocycles. The highest BCUT2D eigenvalue weighted by Gasteiger charge is 2.43. The van der Waals surface area contributed by atoms with E-state index in [4.69, 9.17) is 4.74 Å². The summed E-state index contributed by atoms with van der Waals surface area (Å²) in [6.07, 6.45) is 5.66. The number of ether oxygens (including phenoxy) is 1. The lowest BCUT2D eigenvalue weighted by atomic mass is 9.73. The van der Waals surface area contributed by atoms with Crippen molar-refractivity contribution in [2.75, 3.05) is 7.05 Å². The van der Waals surface area contributed by atoms with Gasteiger partial charge in [-0.25, -0.2) is 4.39 Å². The van der Waals surface area contributed by atoms with E-state index in [1.165, 1.54) is 18.9 Å². The molecule has 2 aliphatic rings. The molecule has 1 fully saturated rings. The van der Waals surface area contributed by atoms with Crippen molar-refractivity contribution in [2.24, 2.45) is 5.92 Å². The molecule has 1 aliphatic heterocycles. The van der Waals surface area contributed by atoms with Gasteiger partial charge in [0.25, 0.3) is 0 Å². The molecule has 104 valence electrons. The van der Waals surface area contributed by atoms with Gasteiger partial charge in [0.2, 0.25) is 0 Å². The van der Waals surface area contributed by atoms with E-state index in [0.717, 1.165) is 30.6 Å². The quantitative estimate of drug-likeness (QED) is 0.831. The van der Waals surface area contributed by atoms with Gasteiger partial charge in [0.05, 0.1) is 0 Å². The van der Waals surface area contributed by atoms with Crippen molar-refractivity contribution in [2.45, 2.75) is 50.7 Å². The molecule has 0 aromatic heterocycles. The molecule has 3 heteroatoms. The SMILES string of the molecule is CNC1CC2(CCCC(C)C2)Oc2cc(F)ccc21. The van der Waals surface area contributed by atoms with Crippen LogP contribution in [0.25, 0.3) is 0 Å². The first-order chi connectivity index (χ1) is 9.12. The third kappa shape index (κ3) is 2.36. The minimum Gasteiger partial charge on any atom is -0.487 e. The summed E-state index contributed by atoms with van der Waals surface area (Å²) >= 11 is 0. The van der Waals surface area contributed by atoms with Gasteiger partial charge < -0.3 is 10.1 Å². The van der Waals surface area contributed by atoms with Gasteiger partial charge in [-0.3, -0.25) is 0 Å². The van der Waals surface area contributed by atoms with Crippen LogP contribution in [0.5, 0.6) is 5.75 Å². The number of fused-ring (bicyclic) bond motifs is 1. The second-order valence-corrected chi connectivity index (χ2v) is 6.21. The maximum atomic E-state index is 13.5. The third-order valence-electron chi connectivity index (χ3n) is 4.65. The minimum absolute atomic E-state index is 0.0911. The number of hydrogen-bond acceptors (Lipinski definition) is 2. The second kappa shape index (κ2) is 4.78. The number of halogens is 1. The number of benzene rings is 1. The van der Waals surface area contributed by atoms with Gasteiger partial charge in [-0.2, -0.15) is 0 Å². The van der Waals surface area contributed by atoms with Crippen LogP contribution in [0.1, 0.15) is 50.6 Å². The average molecular weight is 263 g/mol. The summed E-state index contributed by atoms with van der Waals surface area (Å²) in [4.78, 5) is 0. The lowest BCUT2D eigenvalue weighted by molar-refractivity contribution is -0.0175. The molecule has 1 aromatic carbocycles.